The lowest BCUT2D eigenvalue weighted by Gasteiger charge is -2.32. The molecule has 0 aromatic heterocycles. The van der Waals surface area contributed by atoms with E-state index in [2.05, 4.69) is 16.3 Å². The Hall–Kier alpha value is -1.86. The molecule has 2 fully saturated rings. The molecule has 0 spiro atoms. The van der Waals surface area contributed by atoms with E-state index in [1.165, 1.54) is 18.4 Å². The first-order chi connectivity index (χ1) is 10.7. The third-order valence-corrected chi connectivity index (χ3v) is 4.63. The first-order valence-electron chi connectivity index (χ1n) is 8.23. The van der Waals surface area contributed by atoms with Crippen molar-refractivity contribution in [2.24, 2.45) is 11.8 Å². The average molecular weight is 297 g/mol. The quantitative estimate of drug-likeness (QED) is 0.907. The lowest BCUT2D eigenvalue weighted by atomic mass is 9.96. The summed E-state index contributed by atoms with van der Waals surface area (Å²) in [7, 11) is 0. The summed E-state index contributed by atoms with van der Waals surface area (Å²) in [6, 6.07) is 9.88. The summed E-state index contributed by atoms with van der Waals surface area (Å²) >= 11 is 0. The van der Waals surface area contributed by atoms with Crippen molar-refractivity contribution in [3.8, 4) is 6.07 Å². The van der Waals surface area contributed by atoms with Crippen LogP contribution in [-0.2, 0) is 11.3 Å². The van der Waals surface area contributed by atoms with Gasteiger partial charge in [0.1, 0.15) is 0 Å². The van der Waals surface area contributed by atoms with Gasteiger partial charge < -0.3 is 5.32 Å². The van der Waals surface area contributed by atoms with E-state index in [1.54, 1.807) is 0 Å². The molecule has 22 heavy (non-hydrogen) atoms. The van der Waals surface area contributed by atoms with Crippen LogP contribution in [0, 0.1) is 23.2 Å². The maximum absolute atomic E-state index is 12.2. The van der Waals surface area contributed by atoms with Gasteiger partial charge in [0.15, 0.2) is 0 Å². The van der Waals surface area contributed by atoms with E-state index in [9.17, 15) is 4.79 Å². The number of likely N-dealkylation sites (tertiary alicyclic amines) is 1. The minimum Gasteiger partial charge on any atom is -0.356 e. The molecular formula is C18H23N3O. The standard InChI is InChI=1S/C18H23N3O/c19-10-14-3-7-16(8-4-14)12-21-9-1-2-17(13-21)18(22)20-11-15-5-6-15/h3-4,7-8,15,17H,1-2,5-6,9,11-13H2,(H,20,22)/t17-/m1/s1. The molecule has 2 aliphatic rings. The number of nitrogens with zero attached hydrogens (tertiary/aromatic N) is 2. The van der Waals surface area contributed by atoms with Crippen LogP contribution in [0.2, 0.25) is 0 Å². The molecule has 4 nitrogen and oxygen atoms in total. The van der Waals surface area contributed by atoms with E-state index in [0.717, 1.165) is 44.9 Å². The van der Waals surface area contributed by atoms with Gasteiger partial charge in [-0.15, -0.1) is 0 Å². The Kier molecular flexibility index (Phi) is 4.74. The molecule has 1 amide bonds. The number of hydrogen-bond acceptors (Lipinski definition) is 3. The first-order valence-corrected chi connectivity index (χ1v) is 8.23. The number of amides is 1. The molecule has 3 rings (SSSR count). The smallest absolute Gasteiger partial charge is 0.224 e. The zero-order valence-electron chi connectivity index (χ0n) is 12.9. The Morgan fingerprint density at radius 2 is 2.05 bits per heavy atom. The lowest BCUT2D eigenvalue weighted by molar-refractivity contribution is -0.126. The monoisotopic (exact) mass is 297 g/mol. The van der Waals surface area contributed by atoms with Gasteiger partial charge in [-0.1, -0.05) is 12.1 Å². The van der Waals surface area contributed by atoms with E-state index in [1.807, 2.05) is 24.3 Å². The van der Waals surface area contributed by atoms with Crippen LogP contribution < -0.4 is 5.32 Å². The number of piperidine rings is 1. The van der Waals surface area contributed by atoms with E-state index < -0.39 is 0 Å². The molecule has 1 aromatic carbocycles. The van der Waals surface area contributed by atoms with Crippen LogP contribution in [0.25, 0.3) is 0 Å². The van der Waals surface area contributed by atoms with Crippen molar-refractivity contribution in [3.63, 3.8) is 0 Å². The molecule has 1 saturated carbocycles. The van der Waals surface area contributed by atoms with Crippen LogP contribution in [-0.4, -0.2) is 30.4 Å². The van der Waals surface area contributed by atoms with Crippen molar-refractivity contribution in [3.05, 3.63) is 35.4 Å². The largest absolute Gasteiger partial charge is 0.356 e. The van der Waals surface area contributed by atoms with Crippen LogP contribution >= 0.6 is 0 Å². The van der Waals surface area contributed by atoms with Crippen molar-refractivity contribution >= 4 is 5.91 Å². The van der Waals surface area contributed by atoms with Crippen molar-refractivity contribution in [1.29, 1.82) is 5.26 Å². The van der Waals surface area contributed by atoms with Gasteiger partial charge >= 0.3 is 0 Å². The fraction of sp³-hybridized carbons (Fsp3) is 0.556. The van der Waals surface area contributed by atoms with Gasteiger partial charge in [-0.05, 0) is 55.8 Å². The van der Waals surface area contributed by atoms with Gasteiger partial charge in [0.2, 0.25) is 5.91 Å². The second kappa shape index (κ2) is 6.93. The molecule has 1 heterocycles. The number of rotatable bonds is 5. The van der Waals surface area contributed by atoms with E-state index in [-0.39, 0.29) is 11.8 Å². The van der Waals surface area contributed by atoms with E-state index >= 15 is 0 Å². The maximum atomic E-state index is 12.2. The third kappa shape index (κ3) is 4.08. The SMILES string of the molecule is N#Cc1ccc(CN2CCC[C@@H](C(=O)NCC3CC3)C2)cc1. The highest BCUT2D eigenvalue weighted by Crippen LogP contribution is 2.28. The Bertz CT molecular complexity index is 557. The Labute approximate surface area is 132 Å². The molecule has 1 saturated heterocycles. The molecule has 1 aliphatic carbocycles. The minimum absolute atomic E-state index is 0.130. The first kappa shape index (κ1) is 15.1. The predicted molar refractivity (Wildman–Crippen MR) is 84.9 cm³/mol. The van der Waals surface area contributed by atoms with Crippen LogP contribution in [0.4, 0.5) is 0 Å². The van der Waals surface area contributed by atoms with Crippen molar-refractivity contribution in [2.45, 2.75) is 32.2 Å². The van der Waals surface area contributed by atoms with Crippen molar-refractivity contribution < 1.29 is 4.79 Å². The molecule has 0 bridgehead atoms. The molecule has 116 valence electrons. The Morgan fingerprint density at radius 3 is 2.73 bits per heavy atom. The number of carbonyl (C=O) groups excluding carboxylic acids is 1. The molecule has 0 radical (unpaired) electrons. The van der Waals surface area contributed by atoms with Crippen LogP contribution in [0.1, 0.15) is 36.8 Å². The highest BCUT2D eigenvalue weighted by Gasteiger charge is 2.27. The van der Waals surface area contributed by atoms with Crippen LogP contribution in [0.15, 0.2) is 24.3 Å². The highest BCUT2D eigenvalue weighted by molar-refractivity contribution is 5.79. The van der Waals surface area contributed by atoms with Gasteiger partial charge in [0.05, 0.1) is 17.6 Å². The Morgan fingerprint density at radius 1 is 1.27 bits per heavy atom. The number of nitriles is 1. The number of carbonyl (C=O) groups is 1. The molecule has 1 N–H and O–H groups in total. The summed E-state index contributed by atoms with van der Waals surface area (Å²) in [6.45, 7) is 3.62. The van der Waals surface area contributed by atoms with Gasteiger partial charge in [-0.25, -0.2) is 0 Å². The third-order valence-electron chi connectivity index (χ3n) is 4.63. The van der Waals surface area contributed by atoms with E-state index in [0.29, 0.717) is 5.56 Å². The lowest BCUT2D eigenvalue weighted by Crippen LogP contribution is -2.43. The summed E-state index contributed by atoms with van der Waals surface area (Å²) in [5, 5.41) is 11.9. The average Bonchev–Trinajstić information content (AvgIpc) is 3.38. The van der Waals surface area contributed by atoms with Gasteiger partial charge in [-0.2, -0.15) is 5.26 Å². The number of nitrogens with one attached hydrogen (secondary N) is 1. The van der Waals surface area contributed by atoms with Crippen LogP contribution in [0.5, 0.6) is 0 Å². The van der Waals surface area contributed by atoms with E-state index in [4.69, 9.17) is 5.26 Å². The predicted octanol–water partition coefficient (Wildman–Crippen LogP) is 2.30. The molecule has 4 heteroatoms. The zero-order chi connectivity index (χ0) is 15.4. The molecular weight excluding hydrogens is 274 g/mol. The highest BCUT2D eigenvalue weighted by atomic mass is 16.1. The summed E-state index contributed by atoms with van der Waals surface area (Å²) in [5.41, 5.74) is 1.90. The normalized spacial score (nSPS) is 22.0. The van der Waals surface area contributed by atoms with Crippen molar-refractivity contribution in [2.75, 3.05) is 19.6 Å². The molecule has 1 aliphatic heterocycles. The summed E-state index contributed by atoms with van der Waals surface area (Å²) < 4.78 is 0. The molecule has 1 atom stereocenters. The number of benzene rings is 1. The molecule has 1 aromatic rings. The second-order valence-corrected chi connectivity index (χ2v) is 6.57. The fourth-order valence-corrected chi connectivity index (χ4v) is 3.07. The summed E-state index contributed by atoms with van der Waals surface area (Å²) in [6.07, 6.45) is 4.63. The van der Waals surface area contributed by atoms with Gasteiger partial charge in [-0.3, -0.25) is 9.69 Å². The van der Waals surface area contributed by atoms with Gasteiger partial charge in [0, 0.05) is 19.6 Å². The molecule has 0 unspecified atom stereocenters. The Balaban J connectivity index is 1.50. The summed E-state index contributed by atoms with van der Waals surface area (Å²) in [4.78, 5) is 14.6. The summed E-state index contributed by atoms with van der Waals surface area (Å²) in [5.74, 6) is 1.10. The van der Waals surface area contributed by atoms with Gasteiger partial charge in [0.25, 0.3) is 0 Å². The number of hydrogen-bond donors (Lipinski definition) is 1. The zero-order valence-corrected chi connectivity index (χ0v) is 12.9. The second-order valence-electron chi connectivity index (χ2n) is 6.57. The minimum atomic E-state index is 0.130. The van der Waals surface area contributed by atoms with Crippen molar-refractivity contribution in [1.82, 2.24) is 10.2 Å². The fourth-order valence-electron chi connectivity index (χ4n) is 3.07. The topological polar surface area (TPSA) is 56.1 Å². The maximum Gasteiger partial charge on any atom is 0.224 e. The van der Waals surface area contributed by atoms with Crippen LogP contribution in [0.3, 0.4) is 0 Å².